The highest BCUT2D eigenvalue weighted by Crippen LogP contribution is 2.23. The molecule has 1 aromatic carbocycles. The summed E-state index contributed by atoms with van der Waals surface area (Å²) >= 11 is 0. The van der Waals surface area contributed by atoms with Gasteiger partial charge >= 0.3 is 0 Å². The van der Waals surface area contributed by atoms with Gasteiger partial charge in [0.25, 0.3) is 6.43 Å². The molecule has 0 heterocycles. The first-order chi connectivity index (χ1) is 8.66. The van der Waals surface area contributed by atoms with E-state index in [2.05, 4.69) is 5.32 Å². The average molecular weight is 254 g/mol. The predicted octanol–water partition coefficient (Wildman–Crippen LogP) is 2.68. The lowest BCUT2D eigenvalue weighted by molar-refractivity contribution is 0.0801. The molecule has 4 heteroatoms. The van der Waals surface area contributed by atoms with Gasteiger partial charge in [-0.15, -0.1) is 0 Å². The number of benzene rings is 1. The van der Waals surface area contributed by atoms with E-state index in [-0.39, 0.29) is 12.6 Å². The number of hydrogen-bond acceptors (Lipinski definition) is 2. The van der Waals surface area contributed by atoms with E-state index < -0.39 is 6.43 Å². The van der Waals surface area contributed by atoms with Gasteiger partial charge in [-0.25, -0.2) is 8.78 Å². The zero-order valence-corrected chi connectivity index (χ0v) is 10.7. The van der Waals surface area contributed by atoms with Crippen LogP contribution in [0, 0.1) is 0 Å². The highest BCUT2D eigenvalue weighted by atomic mass is 19.3. The van der Waals surface area contributed by atoms with Crippen molar-refractivity contribution in [3.63, 3.8) is 0 Å². The van der Waals surface area contributed by atoms with Gasteiger partial charge in [0.05, 0.1) is 6.54 Å². The summed E-state index contributed by atoms with van der Waals surface area (Å²) in [6.45, 7) is 0.545. The van der Waals surface area contributed by atoms with E-state index in [1.807, 2.05) is 30.3 Å². The van der Waals surface area contributed by atoms with Crippen LogP contribution in [0.2, 0.25) is 0 Å². The lowest BCUT2D eigenvalue weighted by Gasteiger charge is -2.28. The SMILES string of the molecule is CN(CC(F)F)C(CNC1CC1)c1ccccc1. The molecule has 2 rings (SSSR count). The van der Waals surface area contributed by atoms with E-state index in [4.69, 9.17) is 0 Å². The molecule has 1 fully saturated rings. The fourth-order valence-corrected chi connectivity index (χ4v) is 2.11. The Morgan fingerprint density at radius 1 is 1.28 bits per heavy atom. The number of nitrogens with zero attached hydrogens (tertiary/aromatic N) is 1. The van der Waals surface area contributed by atoms with Crippen LogP contribution >= 0.6 is 0 Å². The Morgan fingerprint density at radius 2 is 1.94 bits per heavy atom. The molecule has 100 valence electrons. The Labute approximate surface area is 107 Å². The van der Waals surface area contributed by atoms with E-state index >= 15 is 0 Å². The zero-order valence-electron chi connectivity index (χ0n) is 10.7. The van der Waals surface area contributed by atoms with Crippen molar-refractivity contribution in [2.45, 2.75) is 31.4 Å². The third-order valence-corrected chi connectivity index (χ3v) is 3.32. The van der Waals surface area contributed by atoms with Gasteiger partial charge in [-0.3, -0.25) is 4.90 Å². The van der Waals surface area contributed by atoms with Gasteiger partial charge < -0.3 is 5.32 Å². The van der Waals surface area contributed by atoms with Crippen molar-refractivity contribution in [2.75, 3.05) is 20.1 Å². The Bertz CT molecular complexity index is 352. The van der Waals surface area contributed by atoms with Crippen molar-refractivity contribution in [1.29, 1.82) is 0 Å². The largest absolute Gasteiger partial charge is 0.312 e. The van der Waals surface area contributed by atoms with Gasteiger partial charge in [0.2, 0.25) is 0 Å². The molecular weight excluding hydrogens is 234 g/mol. The van der Waals surface area contributed by atoms with E-state index in [1.54, 1.807) is 11.9 Å². The van der Waals surface area contributed by atoms with Crippen LogP contribution in [-0.2, 0) is 0 Å². The molecular formula is C14H20F2N2. The summed E-state index contributed by atoms with van der Waals surface area (Å²) in [6, 6.07) is 10.5. The Morgan fingerprint density at radius 3 is 2.50 bits per heavy atom. The summed E-state index contributed by atoms with van der Waals surface area (Å²) in [5.41, 5.74) is 1.09. The normalized spacial score (nSPS) is 17.4. The van der Waals surface area contributed by atoms with Crippen molar-refractivity contribution in [3.8, 4) is 0 Å². The molecule has 18 heavy (non-hydrogen) atoms. The Balaban J connectivity index is 2.00. The molecule has 0 radical (unpaired) electrons. The Kier molecular flexibility index (Phi) is 4.66. The topological polar surface area (TPSA) is 15.3 Å². The third-order valence-electron chi connectivity index (χ3n) is 3.32. The van der Waals surface area contributed by atoms with Crippen LogP contribution < -0.4 is 5.32 Å². The highest BCUT2D eigenvalue weighted by Gasteiger charge is 2.25. The van der Waals surface area contributed by atoms with Crippen LogP contribution in [0.15, 0.2) is 30.3 Å². The molecule has 1 atom stereocenters. The molecule has 0 spiro atoms. The first kappa shape index (κ1) is 13.4. The predicted molar refractivity (Wildman–Crippen MR) is 68.8 cm³/mol. The van der Waals surface area contributed by atoms with Gasteiger partial charge in [0, 0.05) is 18.6 Å². The molecule has 2 nitrogen and oxygen atoms in total. The number of hydrogen-bond donors (Lipinski definition) is 1. The van der Waals surface area contributed by atoms with E-state index in [9.17, 15) is 8.78 Å². The molecule has 1 aromatic rings. The van der Waals surface area contributed by atoms with Crippen molar-refractivity contribution in [1.82, 2.24) is 10.2 Å². The Hall–Kier alpha value is -1.00. The van der Waals surface area contributed by atoms with Crippen LogP contribution in [0.4, 0.5) is 8.78 Å². The molecule has 1 N–H and O–H groups in total. The number of likely N-dealkylation sites (N-methyl/N-ethyl adjacent to an activating group) is 1. The summed E-state index contributed by atoms with van der Waals surface area (Å²) < 4.78 is 25.0. The quantitative estimate of drug-likeness (QED) is 0.804. The minimum Gasteiger partial charge on any atom is -0.312 e. The lowest BCUT2D eigenvalue weighted by atomic mass is 10.1. The van der Waals surface area contributed by atoms with Crippen LogP contribution in [0.5, 0.6) is 0 Å². The highest BCUT2D eigenvalue weighted by molar-refractivity contribution is 5.19. The molecule has 1 aliphatic carbocycles. The number of nitrogens with one attached hydrogen (secondary N) is 1. The summed E-state index contributed by atoms with van der Waals surface area (Å²) in [6.07, 6.45) is 0.127. The lowest BCUT2D eigenvalue weighted by Crippen LogP contribution is -2.36. The molecule has 0 aromatic heterocycles. The van der Waals surface area contributed by atoms with Crippen molar-refractivity contribution in [3.05, 3.63) is 35.9 Å². The first-order valence-corrected chi connectivity index (χ1v) is 6.43. The average Bonchev–Trinajstić information content (AvgIpc) is 3.14. The van der Waals surface area contributed by atoms with Gasteiger partial charge in [0.15, 0.2) is 0 Å². The van der Waals surface area contributed by atoms with Crippen LogP contribution in [-0.4, -0.2) is 37.5 Å². The van der Waals surface area contributed by atoms with Crippen molar-refractivity contribution >= 4 is 0 Å². The molecule has 0 saturated heterocycles. The monoisotopic (exact) mass is 254 g/mol. The first-order valence-electron chi connectivity index (χ1n) is 6.43. The number of rotatable bonds is 7. The van der Waals surface area contributed by atoms with Crippen LogP contribution in [0.1, 0.15) is 24.4 Å². The van der Waals surface area contributed by atoms with Crippen molar-refractivity contribution < 1.29 is 8.78 Å². The summed E-state index contributed by atoms with van der Waals surface area (Å²) in [7, 11) is 1.76. The minimum atomic E-state index is -2.29. The van der Waals surface area contributed by atoms with Gasteiger partial charge in [-0.1, -0.05) is 30.3 Å². The van der Waals surface area contributed by atoms with Crippen LogP contribution in [0.25, 0.3) is 0 Å². The number of alkyl halides is 2. The summed E-state index contributed by atoms with van der Waals surface area (Å²) in [5, 5.41) is 3.42. The second kappa shape index (κ2) is 6.25. The standard InChI is InChI=1S/C14H20F2N2/c1-18(10-14(15)16)13(9-17-12-7-8-12)11-5-3-2-4-6-11/h2-6,12-14,17H,7-10H2,1H3. The van der Waals surface area contributed by atoms with E-state index in [1.165, 1.54) is 12.8 Å². The molecule has 1 saturated carbocycles. The molecule has 1 aliphatic rings. The minimum absolute atomic E-state index is 0.0146. The maximum Gasteiger partial charge on any atom is 0.251 e. The zero-order chi connectivity index (χ0) is 13.0. The summed E-state index contributed by atoms with van der Waals surface area (Å²) in [5.74, 6) is 0. The molecule has 0 amide bonds. The smallest absolute Gasteiger partial charge is 0.251 e. The van der Waals surface area contributed by atoms with Crippen LogP contribution in [0.3, 0.4) is 0 Å². The summed E-state index contributed by atoms with van der Waals surface area (Å²) in [4.78, 5) is 1.73. The van der Waals surface area contributed by atoms with Gasteiger partial charge in [0.1, 0.15) is 0 Å². The maximum absolute atomic E-state index is 12.5. The molecule has 0 bridgehead atoms. The van der Waals surface area contributed by atoms with E-state index in [0.717, 1.165) is 12.1 Å². The van der Waals surface area contributed by atoms with Gasteiger partial charge in [-0.05, 0) is 25.5 Å². The van der Waals surface area contributed by atoms with Crippen molar-refractivity contribution in [2.24, 2.45) is 0 Å². The third kappa shape index (κ3) is 4.03. The van der Waals surface area contributed by atoms with Gasteiger partial charge in [-0.2, -0.15) is 0 Å². The second-order valence-corrected chi connectivity index (χ2v) is 4.94. The molecule has 0 aliphatic heterocycles. The molecule has 1 unspecified atom stereocenters. The fraction of sp³-hybridized carbons (Fsp3) is 0.571. The number of halogens is 2. The van der Waals surface area contributed by atoms with E-state index in [0.29, 0.717) is 6.04 Å². The maximum atomic E-state index is 12.5. The fourth-order valence-electron chi connectivity index (χ4n) is 2.11. The second-order valence-electron chi connectivity index (χ2n) is 4.94.